The molecule has 3 rings (SSSR count). The summed E-state index contributed by atoms with van der Waals surface area (Å²) in [5.74, 6) is -0.563. The highest BCUT2D eigenvalue weighted by molar-refractivity contribution is 6.74. The number of rotatable bonds is 7. The van der Waals surface area contributed by atoms with Crippen molar-refractivity contribution < 1.29 is 14.0 Å². The van der Waals surface area contributed by atoms with E-state index in [0.717, 1.165) is 5.56 Å². The fourth-order valence-corrected chi connectivity index (χ4v) is 4.69. The molecule has 0 bridgehead atoms. The largest absolute Gasteiger partial charge is 0.416 e. The number of carbonyl (C=O) groups excluding carboxylic acids is 1. The van der Waals surface area contributed by atoms with Crippen LogP contribution in [-0.4, -0.2) is 36.4 Å². The molecular weight excluding hydrogens is 424 g/mol. The van der Waals surface area contributed by atoms with Gasteiger partial charge in [0.2, 0.25) is 0 Å². The Morgan fingerprint density at radius 2 is 1.78 bits per heavy atom. The minimum absolute atomic E-state index is 0.0153. The maximum atomic E-state index is 13.4. The second-order valence-corrected chi connectivity index (χ2v) is 15.0. The third kappa shape index (κ3) is 5.19. The molecule has 174 valence electrons. The molecule has 3 atom stereocenters. The van der Waals surface area contributed by atoms with Gasteiger partial charge >= 0.3 is 5.69 Å². The van der Waals surface area contributed by atoms with E-state index in [2.05, 4.69) is 38.8 Å². The first-order valence-corrected chi connectivity index (χ1v) is 14.0. The van der Waals surface area contributed by atoms with Crippen LogP contribution < -0.4 is 11.2 Å². The zero-order valence-electron chi connectivity index (χ0n) is 19.8. The van der Waals surface area contributed by atoms with Crippen molar-refractivity contribution in [3.05, 3.63) is 68.5 Å². The molecule has 0 amide bonds. The monoisotopic (exact) mass is 458 g/mol. The standard InChI is InChI=1S/C24H34N2O5Si/c1-16-13-26(23(29)25-22(16)28)19-12-20(30-14-17-10-8-7-9-11-17)18(21(19)27)15-31-32(5,6)24(2,3)4/h7-11,13,18-20H,12,14-15H2,1-6H3,(H,25,28,29)/t18-,19+,20+/m1/s1. The number of nitrogens with one attached hydrogen (secondary N) is 1. The van der Waals surface area contributed by atoms with Crippen molar-refractivity contribution >= 4 is 14.1 Å². The summed E-state index contributed by atoms with van der Waals surface area (Å²) in [5.41, 5.74) is 0.391. The quantitative estimate of drug-likeness (QED) is 0.641. The van der Waals surface area contributed by atoms with E-state index in [-0.39, 0.29) is 23.5 Å². The van der Waals surface area contributed by atoms with Crippen LogP contribution in [0.25, 0.3) is 0 Å². The molecule has 1 aromatic heterocycles. The SMILES string of the molecule is Cc1cn([C@H]2C[C@H](OCc3ccccc3)[C@@H](CO[Si](C)(C)C(C)(C)C)C2=O)c(=O)[nH]c1=O. The molecule has 1 heterocycles. The number of hydrogen-bond donors (Lipinski definition) is 1. The van der Waals surface area contributed by atoms with Gasteiger partial charge in [0.1, 0.15) is 0 Å². The van der Waals surface area contributed by atoms with Crippen LogP contribution >= 0.6 is 0 Å². The summed E-state index contributed by atoms with van der Waals surface area (Å²) in [4.78, 5) is 40.0. The number of ether oxygens (including phenoxy) is 1. The second kappa shape index (κ2) is 9.29. The number of H-pyrrole nitrogens is 1. The van der Waals surface area contributed by atoms with E-state index >= 15 is 0 Å². The smallest absolute Gasteiger partial charge is 0.329 e. The Morgan fingerprint density at radius 3 is 2.41 bits per heavy atom. The predicted octanol–water partition coefficient (Wildman–Crippen LogP) is 3.58. The van der Waals surface area contributed by atoms with Gasteiger partial charge in [-0.05, 0) is 30.6 Å². The molecular formula is C24H34N2O5Si. The molecule has 32 heavy (non-hydrogen) atoms. The summed E-state index contributed by atoms with van der Waals surface area (Å²) >= 11 is 0. The molecule has 0 spiro atoms. The number of aromatic amines is 1. The normalized spacial score (nSPS) is 21.8. The summed E-state index contributed by atoms with van der Waals surface area (Å²) in [5, 5.41) is 0.0153. The number of Topliss-reactive ketones (excluding diaryl/α,β-unsaturated/α-hetero) is 1. The third-order valence-corrected chi connectivity index (χ3v) is 11.3. The average Bonchev–Trinajstić information content (AvgIpc) is 3.03. The fourth-order valence-electron chi connectivity index (χ4n) is 3.66. The third-order valence-electron chi connectivity index (χ3n) is 6.82. The molecule has 7 nitrogen and oxygen atoms in total. The van der Waals surface area contributed by atoms with Crippen molar-refractivity contribution in [3.63, 3.8) is 0 Å². The van der Waals surface area contributed by atoms with Gasteiger partial charge in [-0.1, -0.05) is 51.1 Å². The van der Waals surface area contributed by atoms with E-state index in [1.807, 2.05) is 30.3 Å². The highest BCUT2D eigenvalue weighted by Crippen LogP contribution is 2.39. The lowest BCUT2D eigenvalue weighted by atomic mass is 10.1. The zero-order valence-corrected chi connectivity index (χ0v) is 20.8. The van der Waals surface area contributed by atoms with Crippen molar-refractivity contribution in [2.75, 3.05) is 6.61 Å². The Labute approximate surface area is 189 Å². The van der Waals surface area contributed by atoms with Crippen molar-refractivity contribution in [1.82, 2.24) is 9.55 Å². The van der Waals surface area contributed by atoms with E-state index in [0.29, 0.717) is 18.6 Å². The molecule has 0 aliphatic heterocycles. The van der Waals surface area contributed by atoms with Crippen LogP contribution in [0, 0.1) is 12.8 Å². The van der Waals surface area contributed by atoms with Crippen molar-refractivity contribution in [3.8, 4) is 0 Å². The molecule has 1 N–H and O–H groups in total. The number of hydrogen-bond acceptors (Lipinski definition) is 5. The molecule has 0 unspecified atom stereocenters. The van der Waals surface area contributed by atoms with Crippen LogP contribution in [0.4, 0.5) is 0 Å². The van der Waals surface area contributed by atoms with Gasteiger partial charge in [-0.2, -0.15) is 0 Å². The molecule has 8 heteroatoms. The maximum Gasteiger partial charge on any atom is 0.329 e. The summed E-state index contributed by atoms with van der Waals surface area (Å²) in [7, 11) is -2.07. The number of nitrogens with zero attached hydrogens (tertiary/aromatic N) is 1. The lowest BCUT2D eigenvalue weighted by Gasteiger charge is -2.37. The van der Waals surface area contributed by atoms with Crippen LogP contribution in [-0.2, 0) is 20.6 Å². The number of benzene rings is 1. The molecule has 2 aromatic rings. The molecule has 0 saturated heterocycles. The highest BCUT2D eigenvalue weighted by Gasteiger charge is 2.46. The topological polar surface area (TPSA) is 90.4 Å². The molecule has 0 radical (unpaired) electrons. The Bertz CT molecular complexity index is 1070. The van der Waals surface area contributed by atoms with Crippen LogP contribution in [0.1, 0.15) is 44.4 Å². The van der Waals surface area contributed by atoms with Gasteiger partial charge in [0.25, 0.3) is 5.56 Å². The van der Waals surface area contributed by atoms with Crippen LogP contribution in [0.5, 0.6) is 0 Å². The highest BCUT2D eigenvalue weighted by atomic mass is 28.4. The van der Waals surface area contributed by atoms with Gasteiger partial charge in [-0.25, -0.2) is 4.79 Å². The molecule has 1 saturated carbocycles. The Balaban J connectivity index is 1.86. The van der Waals surface area contributed by atoms with E-state index < -0.39 is 31.5 Å². The zero-order chi connectivity index (χ0) is 23.7. The van der Waals surface area contributed by atoms with Gasteiger partial charge in [-0.3, -0.25) is 19.1 Å². The van der Waals surface area contributed by atoms with Gasteiger partial charge in [0, 0.05) is 24.8 Å². The minimum atomic E-state index is -2.07. The molecule has 1 aliphatic rings. The first-order valence-electron chi connectivity index (χ1n) is 11.1. The maximum absolute atomic E-state index is 13.4. The lowest BCUT2D eigenvalue weighted by Crippen LogP contribution is -2.43. The fraction of sp³-hybridized carbons (Fsp3) is 0.542. The predicted molar refractivity (Wildman–Crippen MR) is 126 cm³/mol. The Hall–Kier alpha value is -2.29. The first-order chi connectivity index (χ1) is 14.9. The summed E-state index contributed by atoms with van der Waals surface area (Å²) in [6.07, 6.45) is 1.45. The Morgan fingerprint density at radius 1 is 1.12 bits per heavy atom. The summed E-state index contributed by atoms with van der Waals surface area (Å²) in [6, 6.07) is 9.10. The van der Waals surface area contributed by atoms with Crippen molar-refractivity contribution in [2.45, 2.75) is 71.0 Å². The van der Waals surface area contributed by atoms with E-state index in [1.54, 1.807) is 6.92 Å². The number of carbonyl (C=O) groups is 1. The van der Waals surface area contributed by atoms with Crippen LogP contribution in [0.2, 0.25) is 18.1 Å². The van der Waals surface area contributed by atoms with E-state index in [1.165, 1.54) is 10.8 Å². The van der Waals surface area contributed by atoms with E-state index in [4.69, 9.17) is 9.16 Å². The average molecular weight is 459 g/mol. The van der Waals surface area contributed by atoms with Gasteiger partial charge in [0.15, 0.2) is 14.1 Å². The lowest BCUT2D eigenvalue weighted by molar-refractivity contribution is -0.126. The van der Waals surface area contributed by atoms with Gasteiger partial charge in [-0.15, -0.1) is 0 Å². The first kappa shape index (κ1) is 24.4. The van der Waals surface area contributed by atoms with Crippen molar-refractivity contribution in [1.29, 1.82) is 0 Å². The number of ketones is 1. The number of aromatic nitrogens is 2. The molecule has 1 fully saturated rings. The minimum Gasteiger partial charge on any atom is -0.416 e. The second-order valence-electron chi connectivity index (χ2n) is 10.1. The van der Waals surface area contributed by atoms with Crippen LogP contribution in [0.15, 0.2) is 46.1 Å². The van der Waals surface area contributed by atoms with Gasteiger partial charge < -0.3 is 9.16 Å². The van der Waals surface area contributed by atoms with Crippen molar-refractivity contribution in [2.24, 2.45) is 5.92 Å². The van der Waals surface area contributed by atoms with Gasteiger partial charge in [0.05, 0.1) is 24.7 Å². The molecule has 1 aromatic carbocycles. The van der Waals surface area contributed by atoms with Crippen LogP contribution in [0.3, 0.4) is 0 Å². The molecule has 1 aliphatic carbocycles. The summed E-state index contributed by atoms with van der Waals surface area (Å²) < 4.78 is 13.9. The number of aryl methyl sites for hydroxylation is 1. The Kier molecular flexibility index (Phi) is 7.07. The van der Waals surface area contributed by atoms with E-state index in [9.17, 15) is 14.4 Å². The summed E-state index contributed by atoms with van der Waals surface area (Å²) in [6.45, 7) is 13.0.